The number of fused-ring (bicyclic) bond motifs is 1. The Morgan fingerprint density at radius 1 is 1.00 bits per heavy atom. The number of carbonyl (C=O) groups excluding carboxylic acids is 1. The van der Waals surface area contributed by atoms with Gasteiger partial charge in [-0.2, -0.15) is 5.10 Å². The van der Waals surface area contributed by atoms with Crippen LogP contribution in [0.15, 0.2) is 60.9 Å². The van der Waals surface area contributed by atoms with Gasteiger partial charge in [0, 0.05) is 61.6 Å². The molecule has 8 heteroatoms. The van der Waals surface area contributed by atoms with Gasteiger partial charge in [0.2, 0.25) is 0 Å². The average Bonchev–Trinajstić information content (AvgIpc) is 3.24. The van der Waals surface area contributed by atoms with Gasteiger partial charge in [-0.05, 0) is 48.3 Å². The fraction of sp³-hybridized carbons (Fsp3) is 0.269. The highest BCUT2D eigenvalue weighted by Crippen LogP contribution is 2.28. The van der Waals surface area contributed by atoms with Gasteiger partial charge in [0.1, 0.15) is 5.82 Å². The van der Waals surface area contributed by atoms with E-state index in [1.807, 2.05) is 49.5 Å². The number of piperazine rings is 1. The molecule has 2 aromatic carbocycles. The monoisotopic (exact) mass is 456 g/mol. The number of aromatic nitrogens is 3. The molecule has 1 aliphatic rings. The third-order valence-electron chi connectivity index (χ3n) is 6.46. The summed E-state index contributed by atoms with van der Waals surface area (Å²) in [6.45, 7) is 3.83. The molecule has 1 aliphatic heterocycles. The number of carbonyl (C=O) groups is 1. The zero-order valence-corrected chi connectivity index (χ0v) is 19.4. The fourth-order valence-electron chi connectivity index (χ4n) is 4.37. The van der Waals surface area contributed by atoms with Gasteiger partial charge < -0.3 is 20.2 Å². The molecule has 1 amide bonds. The number of amides is 1. The largest absolute Gasteiger partial charge is 0.390 e. The molecular weight excluding hydrogens is 428 g/mol. The van der Waals surface area contributed by atoms with Crippen molar-refractivity contribution in [2.24, 2.45) is 7.05 Å². The molecule has 0 radical (unpaired) electrons. The highest BCUT2D eigenvalue weighted by atomic mass is 16.3. The Labute approximate surface area is 198 Å². The van der Waals surface area contributed by atoms with Crippen molar-refractivity contribution in [2.75, 3.05) is 43.4 Å². The van der Waals surface area contributed by atoms with E-state index in [4.69, 9.17) is 0 Å². The molecule has 174 valence electrons. The van der Waals surface area contributed by atoms with Gasteiger partial charge in [0.25, 0.3) is 5.91 Å². The number of anilines is 2. The number of rotatable bonds is 5. The van der Waals surface area contributed by atoms with E-state index in [0.29, 0.717) is 11.4 Å². The summed E-state index contributed by atoms with van der Waals surface area (Å²) in [7, 11) is 3.94. The Hall–Kier alpha value is -3.75. The highest BCUT2D eigenvalue weighted by Gasteiger charge is 2.16. The van der Waals surface area contributed by atoms with Crippen molar-refractivity contribution in [1.82, 2.24) is 19.7 Å². The molecule has 2 aromatic heterocycles. The maximum atomic E-state index is 13.0. The van der Waals surface area contributed by atoms with Crippen LogP contribution in [0.1, 0.15) is 16.1 Å². The summed E-state index contributed by atoms with van der Waals surface area (Å²) in [4.78, 5) is 22.0. The SMILES string of the molecule is CN1CCN(c2cccc(C(=O)Nc3cc4cc(-c5cnn(C)c5CO)ccc4cn3)c2)CC1. The Balaban J connectivity index is 1.37. The van der Waals surface area contributed by atoms with E-state index in [1.165, 1.54) is 0 Å². The van der Waals surface area contributed by atoms with E-state index in [-0.39, 0.29) is 12.5 Å². The molecule has 4 aromatic rings. The molecule has 3 heterocycles. The number of nitrogens with zero attached hydrogens (tertiary/aromatic N) is 5. The predicted molar refractivity (Wildman–Crippen MR) is 134 cm³/mol. The van der Waals surface area contributed by atoms with Gasteiger partial charge >= 0.3 is 0 Å². The average molecular weight is 457 g/mol. The number of likely N-dealkylation sites (N-methyl/N-ethyl adjacent to an activating group) is 1. The van der Waals surface area contributed by atoms with Crippen molar-refractivity contribution >= 4 is 28.2 Å². The van der Waals surface area contributed by atoms with Crippen molar-refractivity contribution in [3.8, 4) is 11.1 Å². The summed E-state index contributed by atoms with van der Waals surface area (Å²) in [6.07, 6.45) is 3.51. The van der Waals surface area contributed by atoms with Crippen molar-refractivity contribution in [3.63, 3.8) is 0 Å². The van der Waals surface area contributed by atoms with Crippen molar-refractivity contribution in [3.05, 3.63) is 72.2 Å². The van der Waals surface area contributed by atoms with Crippen LogP contribution in [0, 0.1) is 0 Å². The molecule has 0 aliphatic carbocycles. The van der Waals surface area contributed by atoms with Crippen LogP contribution in [0.4, 0.5) is 11.5 Å². The first-order chi connectivity index (χ1) is 16.5. The minimum atomic E-state index is -0.186. The topological polar surface area (TPSA) is 86.5 Å². The normalized spacial score (nSPS) is 14.5. The van der Waals surface area contributed by atoms with Gasteiger partial charge in [-0.1, -0.05) is 18.2 Å². The molecule has 0 saturated carbocycles. The lowest BCUT2D eigenvalue weighted by molar-refractivity contribution is 0.102. The van der Waals surface area contributed by atoms with E-state index < -0.39 is 0 Å². The number of benzene rings is 2. The second-order valence-corrected chi connectivity index (χ2v) is 8.71. The lowest BCUT2D eigenvalue weighted by atomic mass is 10.0. The van der Waals surface area contributed by atoms with Gasteiger partial charge in [-0.3, -0.25) is 9.48 Å². The number of nitrogens with one attached hydrogen (secondary N) is 1. The minimum Gasteiger partial charge on any atom is -0.390 e. The third-order valence-corrected chi connectivity index (χ3v) is 6.46. The first-order valence-corrected chi connectivity index (χ1v) is 11.4. The molecule has 8 nitrogen and oxygen atoms in total. The van der Waals surface area contributed by atoms with E-state index in [0.717, 1.165) is 59.5 Å². The van der Waals surface area contributed by atoms with Gasteiger partial charge in [-0.25, -0.2) is 4.98 Å². The molecule has 34 heavy (non-hydrogen) atoms. The first-order valence-electron chi connectivity index (χ1n) is 11.4. The van der Waals surface area contributed by atoms with E-state index >= 15 is 0 Å². The van der Waals surface area contributed by atoms with Crippen molar-refractivity contribution in [2.45, 2.75) is 6.61 Å². The molecule has 1 saturated heterocycles. The summed E-state index contributed by atoms with van der Waals surface area (Å²) >= 11 is 0. The number of hydrogen-bond acceptors (Lipinski definition) is 6. The second kappa shape index (κ2) is 9.24. The first kappa shape index (κ1) is 22.1. The van der Waals surface area contributed by atoms with Crippen LogP contribution < -0.4 is 10.2 Å². The predicted octanol–water partition coefficient (Wildman–Crippen LogP) is 3.13. The van der Waals surface area contributed by atoms with Crippen molar-refractivity contribution < 1.29 is 9.90 Å². The standard InChI is InChI=1S/C26H28N6O2/c1-30-8-10-32(11-9-30)22-5-3-4-19(13-22)26(34)29-25-14-21-12-18(6-7-20(21)15-27-25)23-16-28-31(2)24(23)17-33/h3-7,12-16,33H,8-11,17H2,1-2H3,(H,27,29,34). The van der Waals surface area contributed by atoms with Crippen LogP contribution in [0.2, 0.25) is 0 Å². The Morgan fingerprint density at radius 2 is 1.82 bits per heavy atom. The summed E-state index contributed by atoms with van der Waals surface area (Å²) in [6, 6.07) is 15.6. The zero-order valence-electron chi connectivity index (χ0n) is 19.4. The minimum absolute atomic E-state index is 0.0886. The Bertz CT molecular complexity index is 1340. The smallest absolute Gasteiger partial charge is 0.256 e. The quantitative estimate of drug-likeness (QED) is 0.480. The zero-order chi connectivity index (χ0) is 23.7. The second-order valence-electron chi connectivity index (χ2n) is 8.71. The number of aliphatic hydroxyl groups excluding tert-OH is 1. The van der Waals surface area contributed by atoms with Crippen LogP contribution in [0.3, 0.4) is 0 Å². The number of hydrogen-bond donors (Lipinski definition) is 2. The van der Waals surface area contributed by atoms with Crippen LogP contribution in [-0.4, -0.2) is 63.9 Å². The van der Waals surface area contributed by atoms with E-state index in [1.54, 1.807) is 17.1 Å². The van der Waals surface area contributed by atoms with Crippen LogP contribution >= 0.6 is 0 Å². The van der Waals surface area contributed by atoms with Crippen LogP contribution in [0.5, 0.6) is 0 Å². The Morgan fingerprint density at radius 3 is 2.62 bits per heavy atom. The molecule has 0 spiro atoms. The van der Waals surface area contributed by atoms with E-state index in [9.17, 15) is 9.90 Å². The van der Waals surface area contributed by atoms with Crippen LogP contribution in [0.25, 0.3) is 21.9 Å². The molecular formula is C26H28N6O2. The molecule has 2 N–H and O–H groups in total. The molecule has 0 unspecified atom stereocenters. The number of aryl methyl sites for hydroxylation is 1. The van der Waals surface area contributed by atoms with Gasteiger partial charge in [0.15, 0.2) is 0 Å². The summed E-state index contributed by atoms with van der Waals surface area (Å²) in [5.74, 6) is 0.307. The van der Waals surface area contributed by atoms with Crippen molar-refractivity contribution in [1.29, 1.82) is 0 Å². The fourth-order valence-corrected chi connectivity index (χ4v) is 4.37. The van der Waals surface area contributed by atoms with Crippen LogP contribution in [-0.2, 0) is 13.7 Å². The van der Waals surface area contributed by atoms with Gasteiger partial charge in [-0.15, -0.1) is 0 Å². The summed E-state index contributed by atoms with van der Waals surface area (Å²) < 4.78 is 1.67. The van der Waals surface area contributed by atoms with Gasteiger partial charge in [0.05, 0.1) is 18.5 Å². The third kappa shape index (κ3) is 4.37. The molecule has 0 atom stereocenters. The number of pyridine rings is 1. The van der Waals surface area contributed by atoms with E-state index in [2.05, 4.69) is 38.3 Å². The Kier molecular flexibility index (Phi) is 6.00. The summed E-state index contributed by atoms with van der Waals surface area (Å²) in [5, 5.41) is 18.8. The lowest BCUT2D eigenvalue weighted by Crippen LogP contribution is -2.44. The maximum Gasteiger partial charge on any atom is 0.256 e. The lowest BCUT2D eigenvalue weighted by Gasteiger charge is -2.34. The molecule has 1 fully saturated rings. The number of aliphatic hydroxyl groups is 1. The maximum absolute atomic E-state index is 13.0. The molecule has 5 rings (SSSR count). The highest BCUT2D eigenvalue weighted by molar-refractivity contribution is 6.05. The molecule has 0 bridgehead atoms. The summed E-state index contributed by atoms with van der Waals surface area (Å²) in [5.41, 5.74) is 4.26.